The highest BCUT2D eigenvalue weighted by Crippen LogP contribution is 2.40. The second-order valence-electron chi connectivity index (χ2n) is 21.3. The molecule has 5 heterocycles. The number of cyclic esters (lactones) is 1. The van der Waals surface area contributed by atoms with E-state index < -0.39 is 98.8 Å². The fourth-order valence-corrected chi connectivity index (χ4v) is 9.56. The van der Waals surface area contributed by atoms with Crippen molar-refractivity contribution in [1.29, 1.82) is 5.53 Å². The number of aromatic nitrogens is 4. The number of amides is 4. The van der Waals surface area contributed by atoms with Crippen LogP contribution in [0.2, 0.25) is 0 Å². The monoisotopic (exact) mass is 1120 g/mol. The maximum atomic E-state index is 15.0. The molecule has 0 spiro atoms. The molecule has 0 fully saturated rings. The van der Waals surface area contributed by atoms with Crippen molar-refractivity contribution in [3.8, 4) is 11.4 Å². The summed E-state index contributed by atoms with van der Waals surface area (Å²) >= 11 is 0. The number of anilines is 1. The minimum Gasteiger partial charge on any atom is -0.458 e. The van der Waals surface area contributed by atoms with Crippen molar-refractivity contribution in [3.05, 3.63) is 86.5 Å². The molecule has 2 aliphatic rings. The number of esters is 1. The number of carbonyl (C=O) groups excluding carboxylic acids is 5. The lowest BCUT2D eigenvalue weighted by molar-refractivity contribution is -0.172. The predicted octanol–water partition coefficient (Wildman–Crippen LogP) is 3.56. The van der Waals surface area contributed by atoms with Gasteiger partial charge in [0.2, 0.25) is 38.6 Å². The number of nitrogens with zero attached hydrogens (tertiary/aromatic N) is 5. The number of fused-ring (bicyclic) bond motifs is 5. The zero-order valence-corrected chi connectivity index (χ0v) is 46.7. The summed E-state index contributed by atoms with van der Waals surface area (Å²) in [4.78, 5) is 93.5. The summed E-state index contributed by atoms with van der Waals surface area (Å²) in [6, 6.07) is 2.19. The molecule has 79 heavy (non-hydrogen) atoms. The minimum atomic E-state index is -3.57. The third-order valence-corrected chi connectivity index (χ3v) is 14.6. The largest absolute Gasteiger partial charge is 0.458 e. The van der Waals surface area contributed by atoms with Crippen LogP contribution < -0.4 is 37.9 Å². The van der Waals surface area contributed by atoms with Crippen LogP contribution in [0.3, 0.4) is 0 Å². The molecular formula is C53H71FN12O12S. The second-order valence-corrected chi connectivity index (χ2v) is 23.2. The Morgan fingerprint density at radius 2 is 1.72 bits per heavy atom. The fraction of sp³-hybridized carbons (Fsp3) is 0.528. The van der Waals surface area contributed by atoms with Gasteiger partial charge in [-0.15, -0.1) is 0 Å². The van der Waals surface area contributed by atoms with E-state index in [-0.39, 0.29) is 67.4 Å². The molecule has 4 aromatic rings. The lowest BCUT2D eigenvalue weighted by atomic mass is 9.86. The quantitative estimate of drug-likeness (QED) is 0.0161. The van der Waals surface area contributed by atoms with E-state index >= 15 is 4.39 Å². The zero-order chi connectivity index (χ0) is 58.2. The lowest BCUT2D eigenvalue weighted by Crippen LogP contribution is -2.56. The Labute approximate surface area is 457 Å². The van der Waals surface area contributed by atoms with Gasteiger partial charge in [-0.3, -0.25) is 24.0 Å². The number of hydrogen-bond acceptors (Lipinski definition) is 19. The molecule has 3 aromatic heterocycles. The van der Waals surface area contributed by atoms with Crippen LogP contribution in [0.1, 0.15) is 115 Å². The van der Waals surface area contributed by atoms with Gasteiger partial charge in [0, 0.05) is 48.0 Å². The van der Waals surface area contributed by atoms with Gasteiger partial charge < -0.3 is 56.2 Å². The first-order valence-electron chi connectivity index (χ1n) is 25.9. The van der Waals surface area contributed by atoms with Gasteiger partial charge in [-0.1, -0.05) is 20.8 Å². The summed E-state index contributed by atoms with van der Waals surface area (Å²) in [6.45, 7) is 13.0. The van der Waals surface area contributed by atoms with E-state index in [1.165, 1.54) is 35.3 Å². The van der Waals surface area contributed by atoms with Crippen LogP contribution in [0.25, 0.3) is 22.3 Å². The molecule has 24 nitrogen and oxygen atoms in total. The molecule has 4 amide bonds. The molecule has 1 aromatic carbocycles. The van der Waals surface area contributed by atoms with Crippen molar-refractivity contribution in [2.75, 3.05) is 37.9 Å². The Kier molecular flexibility index (Phi) is 19.6. The van der Waals surface area contributed by atoms with E-state index in [0.29, 0.717) is 70.7 Å². The molecule has 0 bridgehead atoms. The normalized spacial score (nSPS) is 16.1. The molecule has 428 valence electrons. The van der Waals surface area contributed by atoms with E-state index in [1.54, 1.807) is 47.6 Å². The topological polar surface area (TPSA) is 350 Å². The molecule has 0 radical (unpaired) electrons. The van der Waals surface area contributed by atoms with Crippen LogP contribution in [0.5, 0.6) is 0 Å². The Hall–Kier alpha value is -7.13. The summed E-state index contributed by atoms with van der Waals surface area (Å²) in [5.41, 5.74) is 12.3. The van der Waals surface area contributed by atoms with Crippen molar-refractivity contribution in [2.45, 2.75) is 148 Å². The van der Waals surface area contributed by atoms with E-state index in [2.05, 4.69) is 41.7 Å². The van der Waals surface area contributed by atoms with Crippen molar-refractivity contribution in [2.24, 2.45) is 16.8 Å². The number of ether oxygens (including phenoxy) is 3. The van der Waals surface area contributed by atoms with Crippen LogP contribution in [-0.2, 0) is 73.3 Å². The van der Waals surface area contributed by atoms with Gasteiger partial charge in [0.15, 0.2) is 5.60 Å². The lowest BCUT2D eigenvalue weighted by Gasteiger charge is -2.31. The summed E-state index contributed by atoms with van der Waals surface area (Å²) in [6.07, 6.45) is 6.73. The molecule has 26 heteroatoms. The van der Waals surface area contributed by atoms with E-state index in [4.69, 9.17) is 30.5 Å². The summed E-state index contributed by atoms with van der Waals surface area (Å²) in [5, 5.41) is 28.9. The molecule has 1 unspecified atom stereocenters. The number of carbonyl (C=O) groups is 5. The van der Waals surface area contributed by atoms with E-state index in [9.17, 15) is 42.3 Å². The van der Waals surface area contributed by atoms with Gasteiger partial charge in [0.1, 0.15) is 31.1 Å². The van der Waals surface area contributed by atoms with Crippen molar-refractivity contribution in [1.82, 2.24) is 40.8 Å². The number of hydrogen-bond donors (Lipinski definition) is 8. The first-order chi connectivity index (χ1) is 37.1. The standard InChI is InChI=1S/C53H71FN12O12S/c1-10-53(73)37-18-41-45-35(26-66(41)48(71)36(37)27-76-49(53)72)34(33-17-30(4)38(54)19-40(33)62-45)24-58-42(67)25-59-46(69)39(13-11-12-15-55)63-47(70)44(29(2)3)64-43(68)28-78-51(5,6)14-16-77-52(7,8)20-31(65-56)21-57-32-22-60-50(61-23-32)79(9,74)75/h17-19,21-23,29,39,44,56-57,73H,10-16,20,24-28,55H2,1-9H3,(H,58,67)(H,59,69)(H,63,70)(H,64,68)/b31-21-,65-56?/t39?,44-,53-/m0/s1. The predicted molar refractivity (Wildman–Crippen MR) is 287 cm³/mol. The number of rotatable bonds is 27. The Morgan fingerprint density at radius 3 is 2.37 bits per heavy atom. The number of nitrogens with one attached hydrogen (secondary N) is 6. The zero-order valence-electron chi connectivity index (χ0n) is 45.9. The number of aliphatic hydroxyl groups is 1. The Bertz CT molecular complexity index is 3200. The number of aryl methyl sites for hydroxylation is 1. The Balaban J connectivity index is 1.03. The number of pyridine rings is 2. The summed E-state index contributed by atoms with van der Waals surface area (Å²) in [5.74, 6) is -4.33. The highest BCUT2D eigenvalue weighted by Gasteiger charge is 2.45. The van der Waals surface area contributed by atoms with Gasteiger partial charge >= 0.3 is 5.97 Å². The molecule has 9 N–H and O–H groups in total. The average Bonchev–Trinajstić information content (AvgIpc) is 4.05. The maximum Gasteiger partial charge on any atom is 0.343 e. The fourth-order valence-electron chi connectivity index (χ4n) is 9.07. The SMILES string of the molecule is CC[C@@]1(O)C(=O)OCc2c1cc1n(c2=O)Cc2c-1nc1cc(F)c(C)cc1c2CNC(=O)CNC(=O)C(CCCCN)NC(=O)[C@@H](NC(=O)COC(C)(C)CCOC(C)(C)C/C(=C/Nc1cnc(S(C)(=O)=O)nc1)N=N)C(C)C. The van der Waals surface area contributed by atoms with Crippen LogP contribution in [0.4, 0.5) is 10.1 Å². The van der Waals surface area contributed by atoms with Gasteiger partial charge in [-0.25, -0.2) is 38.1 Å². The van der Waals surface area contributed by atoms with Crippen molar-refractivity contribution >= 4 is 56.0 Å². The van der Waals surface area contributed by atoms with Gasteiger partial charge in [0.05, 0.1) is 77.1 Å². The van der Waals surface area contributed by atoms with E-state index in [1.807, 2.05) is 13.8 Å². The van der Waals surface area contributed by atoms with Crippen LogP contribution in [0, 0.1) is 24.2 Å². The van der Waals surface area contributed by atoms with Gasteiger partial charge in [0.25, 0.3) is 5.56 Å². The van der Waals surface area contributed by atoms with Crippen molar-refractivity contribution in [3.63, 3.8) is 0 Å². The molecule has 0 saturated carbocycles. The first-order valence-corrected chi connectivity index (χ1v) is 27.8. The highest BCUT2D eigenvalue weighted by molar-refractivity contribution is 7.90. The summed E-state index contributed by atoms with van der Waals surface area (Å²) in [7, 11) is -3.57. The molecular weight excluding hydrogens is 1050 g/mol. The first kappa shape index (κ1) is 61.1. The highest BCUT2D eigenvalue weighted by atomic mass is 32.2. The third-order valence-electron chi connectivity index (χ3n) is 13.7. The number of nitrogens with two attached hydrogens (primary N) is 1. The molecule has 2 aliphatic heterocycles. The van der Waals surface area contributed by atoms with Gasteiger partial charge in [-0.2, -0.15) is 5.11 Å². The van der Waals surface area contributed by atoms with E-state index in [0.717, 1.165) is 6.26 Å². The van der Waals surface area contributed by atoms with Crippen LogP contribution in [-0.4, -0.2) is 118 Å². The van der Waals surface area contributed by atoms with Crippen LogP contribution in [0.15, 0.2) is 57.6 Å². The number of unbranched alkanes of at least 4 members (excludes halogenated alkanes) is 1. The average molecular weight is 1120 g/mol. The smallest absolute Gasteiger partial charge is 0.343 e. The Morgan fingerprint density at radius 1 is 1.01 bits per heavy atom. The maximum absolute atomic E-state index is 15.0. The molecule has 3 atom stereocenters. The number of benzene rings is 1. The van der Waals surface area contributed by atoms with Crippen LogP contribution >= 0.6 is 0 Å². The van der Waals surface area contributed by atoms with Crippen molar-refractivity contribution < 1.29 is 56.1 Å². The number of sulfone groups is 1. The molecule has 6 rings (SSSR count). The summed E-state index contributed by atoms with van der Waals surface area (Å²) < 4.78 is 57.1. The molecule has 0 saturated heterocycles. The third kappa shape index (κ3) is 15.0. The van der Waals surface area contributed by atoms with Gasteiger partial charge in [-0.05, 0) is 102 Å². The minimum absolute atomic E-state index is 0.0133. The second kappa shape index (κ2) is 25.3. The molecule has 0 aliphatic carbocycles. The number of halogens is 1.